The number of halogens is 1. The van der Waals surface area contributed by atoms with E-state index in [-0.39, 0.29) is 23.3 Å². The van der Waals surface area contributed by atoms with Gasteiger partial charge in [0.2, 0.25) is 0 Å². The quantitative estimate of drug-likeness (QED) is 0.430. The van der Waals surface area contributed by atoms with Gasteiger partial charge in [-0.05, 0) is 49.1 Å². The Bertz CT molecular complexity index is 1390. The molecule has 0 aliphatic heterocycles. The number of fused-ring (bicyclic) bond motifs is 2. The monoisotopic (exact) mass is 462 g/mol. The van der Waals surface area contributed by atoms with Crippen molar-refractivity contribution in [1.82, 2.24) is 20.0 Å². The van der Waals surface area contributed by atoms with Crippen LogP contribution in [0, 0.1) is 11.7 Å². The average molecular weight is 463 g/mol. The minimum absolute atomic E-state index is 0.0370. The number of aromatic nitrogens is 2. The van der Waals surface area contributed by atoms with Crippen molar-refractivity contribution >= 4 is 22.5 Å². The van der Waals surface area contributed by atoms with E-state index in [2.05, 4.69) is 21.7 Å². The molecular weight excluding hydrogens is 435 g/mol. The summed E-state index contributed by atoms with van der Waals surface area (Å²) in [4.78, 5) is 29.3. The summed E-state index contributed by atoms with van der Waals surface area (Å²) in [5, 5.41) is 6.51. The Morgan fingerprint density at radius 3 is 2.79 bits per heavy atom. The second-order valence-corrected chi connectivity index (χ2v) is 8.97. The van der Waals surface area contributed by atoms with Crippen LogP contribution in [0.5, 0.6) is 0 Å². The molecule has 1 amide bonds. The maximum atomic E-state index is 13.5. The van der Waals surface area contributed by atoms with Gasteiger partial charge in [-0.15, -0.1) is 0 Å². The lowest BCUT2D eigenvalue weighted by molar-refractivity contribution is 0.0923. The van der Waals surface area contributed by atoms with E-state index in [1.54, 1.807) is 0 Å². The lowest BCUT2D eigenvalue weighted by atomic mass is 9.89. The molecule has 1 fully saturated rings. The van der Waals surface area contributed by atoms with E-state index in [9.17, 15) is 14.0 Å². The van der Waals surface area contributed by atoms with Gasteiger partial charge < -0.3 is 19.5 Å². The van der Waals surface area contributed by atoms with Gasteiger partial charge >= 0.3 is 0 Å². The normalized spacial score (nSPS) is 14.6. The summed E-state index contributed by atoms with van der Waals surface area (Å²) in [6, 6.07) is 8.75. The molecule has 0 unspecified atom stereocenters. The second kappa shape index (κ2) is 9.77. The van der Waals surface area contributed by atoms with Gasteiger partial charge in [-0.2, -0.15) is 0 Å². The number of pyridine rings is 1. The Hall–Kier alpha value is -3.52. The van der Waals surface area contributed by atoms with Gasteiger partial charge in [0.25, 0.3) is 5.91 Å². The third kappa shape index (κ3) is 5.02. The number of rotatable bonds is 7. The first-order valence-corrected chi connectivity index (χ1v) is 11.7. The van der Waals surface area contributed by atoms with Crippen molar-refractivity contribution in [3.05, 3.63) is 81.9 Å². The van der Waals surface area contributed by atoms with Gasteiger partial charge in [0.1, 0.15) is 17.0 Å². The average Bonchev–Trinajstić information content (AvgIpc) is 3.25. The third-order valence-corrected chi connectivity index (χ3v) is 6.39. The summed E-state index contributed by atoms with van der Waals surface area (Å²) in [6.07, 6.45) is 10.6. The summed E-state index contributed by atoms with van der Waals surface area (Å²) >= 11 is 0. The SMILES string of the molecule is O=C(NCc1cn2cc(CNCC3CCCCC3)ccc2n1)c1cc(=O)c2ccc(F)cc2o1. The first-order valence-electron chi connectivity index (χ1n) is 11.7. The number of carbonyl (C=O) groups is 1. The van der Waals surface area contributed by atoms with E-state index in [0.717, 1.165) is 36.8 Å². The van der Waals surface area contributed by atoms with Gasteiger partial charge in [-0.25, -0.2) is 9.37 Å². The van der Waals surface area contributed by atoms with Crippen molar-refractivity contribution in [3.8, 4) is 0 Å². The molecule has 1 aliphatic rings. The molecule has 1 saturated carbocycles. The zero-order valence-electron chi connectivity index (χ0n) is 18.9. The summed E-state index contributed by atoms with van der Waals surface area (Å²) in [7, 11) is 0. The molecule has 4 aromatic rings. The Balaban J connectivity index is 1.21. The Morgan fingerprint density at radius 1 is 1.09 bits per heavy atom. The van der Waals surface area contributed by atoms with Crippen molar-refractivity contribution in [2.24, 2.45) is 5.92 Å². The second-order valence-electron chi connectivity index (χ2n) is 8.97. The fourth-order valence-corrected chi connectivity index (χ4v) is 4.59. The number of carbonyl (C=O) groups excluding carboxylic acids is 1. The molecule has 1 aromatic carbocycles. The lowest BCUT2D eigenvalue weighted by Crippen LogP contribution is -2.24. The fourth-order valence-electron chi connectivity index (χ4n) is 4.59. The molecule has 3 heterocycles. The van der Waals surface area contributed by atoms with Crippen LogP contribution >= 0.6 is 0 Å². The number of amides is 1. The number of benzene rings is 1. The first-order chi connectivity index (χ1) is 16.5. The van der Waals surface area contributed by atoms with E-state index in [1.807, 2.05) is 22.9 Å². The molecule has 0 spiro atoms. The molecular formula is C26H27FN4O3. The van der Waals surface area contributed by atoms with Crippen LogP contribution in [0.3, 0.4) is 0 Å². The summed E-state index contributed by atoms with van der Waals surface area (Å²) in [5.41, 5.74) is 2.27. The molecule has 3 aromatic heterocycles. The minimum Gasteiger partial charge on any atom is -0.451 e. The van der Waals surface area contributed by atoms with Crippen LogP contribution in [0.2, 0.25) is 0 Å². The zero-order chi connectivity index (χ0) is 23.5. The molecule has 7 nitrogen and oxygen atoms in total. The van der Waals surface area contributed by atoms with Crippen molar-refractivity contribution in [2.45, 2.75) is 45.2 Å². The first kappa shape index (κ1) is 22.3. The topological polar surface area (TPSA) is 88.6 Å². The smallest absolute Gasteiger partial charge is 0.287 e. The van der Waals surface area contributed by atoms with Crippen LogP contribution in [-0.2, 0) is 13.1 Å². The standard InChI is InChI=1S/C26H27FN4O3/c27-19-7-8-21-22(32)11-24(34-23(21)10-19)26(33)29-14-20-16-31-15-18(6-9-25(31)30-20)13-28-12-17-4-2-1-3-5-17/h6-11,15-17,28H,1-5,12-14H2,(H,29,33). The van der Waals surface area contributed by atoms with Crippen molar-refractivity contribution in [2.75, 3.05) is 6.54 Å². The van der Waals surface area contributed by atoms with E-state index in [1.165, 1.54) is 49.8 Å². The Labute approximate surface area is 196 Å². The highest BCUT2D eigenvalue weighted by atomic mass is 19.1. The van der Waals surface area contributed by atoms with E-state index in [0.29, 0.717) is 5.69 Å². The van der Waals surface area contributed by atoms with Crippen molar-refractivity contribution in [1.29, 1.82) is 0 Å². The highest BCUT2D eigenvalue weighted by molar-refractivity contribution is 5.93. The van der Waals surface area contributed by atoms with Crippen LogP contribution < -0.4 is 16.1 Å². The van der Waals surface area contributed by atoms with Gasteiger partial charge in [0, 0.05) is 31.1 Å². The van der Waals surface area contributed by atoms with Gasteiger partial charge in [0.05, 0.1) is 17.6 Å². The van der Waals surface area contributed by atoms with Crippen LogP contribution in [-0.4, -0.2) is 21.8 Å². The number of hydrogen-bond acceptors (Lipinski definition) is 5. The van der Waals surface area contributed by atoms with Crippen molar-refractivity contribution < 1.29 is 13.6 Å². The zero-order valence-corrected chi connectivity index (χ0v) is 18.9. The number of nitrogens with one attached hydrogen (secondary N) is 2. The highest BCUT2D eigenvalue weighted by Gasteiger charge is 2.14. The highest BCUT2D eigenvalue weighted by Crippen LogP contribution is 2.23. The Kier molecular flexibility index (Phi) is 6.40. The van der Waals surface area contributed by atoms with Crippen molar-refractivity contribution in [3.63, 3.8) is 0 Å². The maximum Gasteiger partial charge on any atom is 0.287 e. The third-order valence-electron chi connectivity index (χ3n) is 6.39. The largest absolute Gasteiger partial charge is 0.451 e. The number of imidazole rings is 1. The van der Waals surface area contributed by atoms with Crippen LogP contribution in [0.15, 0.2) is 58.0 Å². The van der Waals surface area contributed by atoms with E-state index in [4.69, 9.17) is 4.42 Å². The lowest BCUT2D eigenvalue weighted by Gasteiger charge is -2.21. The molecule has 2 N–H and O–H groups in total. The fraction of sp³-hybridized carbons (Fsp3) is 0.346. The van der Waals surface area contributed by atoms with Crippen LogP contribution in [0.1, 0.15) is 53.9 Å². The number of nitrogens with zero attached hydrogens (tertiary/aromatic N) is 2. The van der Waals surface area contributed by atoms with Gasteiger partial charge in [0.15, 0.2) is 11.2 Å². The van der Waals surface area contributed by atoms with E-state index >= 15 is 0 Å². The molecule has 176 valence electrons. The molecule has 0 atom stereocenters. The summed E-state index contributed by atoms with van der Waals surface area (Å²) in [6.45, 7) is 2.02. The predicted molar refractivity (Wildman–Crippen MR) is 127 cm³/mol. The molecule has 8 heteroatoms. The van der Waals surface area contributed by atoms with E-state index < -0.39 is 17.2 Å². The predicted octanol–water partition coefficient (Wildman–Crippen LogP) is 4.18. The molecule has 0 bridgehead atoms. The molecule has 5 rings (SSSR count). The molecule has 0 radical (unpaired) electrons. The van der Waals surface area contributed by atoms with Crippen LogP contribution in [0.25, 0.3) is 16.6 Å². The van der Waals surface area contributed by atoms with Gasteiger partial charge in [-0.1, -0.05) is 25.3 Å². The summed E-state index contributed by atoms with van der Waals surface area (Å²) in [5.74, 6) is -0.487. The van der Waals surface area contributed by atoms with Crippen LogP contribution in [0.4, 0.5) is 4.39 Å². The molecule has 1 aliphatic carbocycles. The molecule has 34 heavy (non-hydrogen) atoms. The maximum absolute atomic E-state index is 13.5. The minimum atomic E-state index is -0.562. The number of hydrogen-bond donors (Lipinski definition) is 2. The summed E-state index contributed by atoms with van der Waals surface area (Å²) < 4.78 is 20.9. The van der Waals surface area contributed by atoms with Gasteiger partial charge in [-0.3, -0.25) is 9.59 Å². The Morgan fingerprint density at radius 2 is 1.94 bits per heavy atom. The molecule has 0 saturated heterocycles.